The Morgan fingerprint density at radius 3 is 2.86 bits per heavy atom. The molecule has 0 aliphatic heterocycles. The average Bonchev–Trinajstić information content (AvgIpc) is 2.48. The topological polar surface area (TPSA) is 64.2 Å². The fourth-order valence-corrected chi connectivity index (χ4v) is 1.16. The van der Waals surface area contributed by atoms with Crippen LogP contribution in [0.2, 0.25) is 0 Å². The summed E-state index contributed by atoms with van der Waals surface area (Å²) in [5.41, 5.74) is 1.58. The Labute approximate surface area is 82.4 Å². The molecular formula is C9H14N2O3. The molecule has 0 radical (unpaired) electrons. The van der Waals surface area contributed by atoms with E-state index in [0.29, 0.717) is 12.5 Å². The van der Waals surface area contributed by atoms with Gasteiger partial charge in [0, 0.05) is 11.3 Å². The van der Waals surface area contributed by atoms with Crippen LogP contribution < -0.4 is 4.74 Å². The Bertz CT molecular complexity index is 320. The Kier molecular flexibility index (Phi) is 3.50. The van der Waals surface area contributed by atoms with Gasteiger partial charge in [-0.15, -0.1) is 5.10 Å². The first-order chi connectivity index (χ1) is 6.69. The van der Waals surface area contributed by atoms with Gasteiger partial charge >= 0.3 is 5.97 Å². The molecule has 0 aliphatic rings. The molecule has 0 aliphatic carbocycles. The molecule has 0 saturated heterocycles. The van der Waals surface area contributed by atoms with Gasteiger partial charge in [0.25, 0.3) is 0 Å². The fourth-order valence-electron chi connectivity index (χ4n) is 1.16. The van der Waals surface area contributed by atoms with E-state index >= 15 is 0 Å². The molecule has 0 amide bonds. The minimum atomic E-state index is -0.268. The first-order valence-electron chi connectivity index (χ1n) is 4.42. The highest BCUT2D eigenvalue weighted by atomic mass is 16.5. The fraction of sp³-hybridized carbons (Fsp3) is 0.556. The Hall–Kier alpha value is -1.52. The van der Waals surface area contributed by atoms with Gasteiger partial charge in [-0.05, 0) is 13.8 Å². The van der Waals surface area contributed by atoms with Crippen LogP contribution in [0.25, 0.3) is 0 Å². The maximum Gasteiger partial charge on any atom is 0.310 e. The summed E-state index contributed by atoms with van der Waals surface area (Å²) < 4.78 is 9.83. The number of methoxy groups -OCH3 is 1. The molecule has 0 spiro atoms. The van der Waals surface area contributed by atoms with Crippen molar-refractivity contribution >= 4 is 5.97 Å². The standard InChI is InChI=1S/C9H14N2O3/c1-4-14-8(12)5-7-6(2)10-11-9(7)13-3/h4-5H2,1-3H3,(H,10,11). The van der Waals surface area contributed by atoms with E-state index in [1.807, 2.05) is 6.92 Å². The number of hydrogen-bond acceptors (Lipinski definition) is 4. The summed E-state index contributed by atoms with van der Waals surface area (Å²) in [5, 5.41) is 6.65. The highest BCUT2D eigenvalue weighted by molar-refractivity contribution is 5.73. The number of nitrogens with zero attached hydrogens (tertiary/aromatic N) is 1. The minimum absolute atomic E-state index is 0.194. The molecule has 5 heteroatoms. The van der Waals surface area contributed by atoms with Gasteiger partial charge in [0.2, 0.25) is 5.88 Å². The summed E-state index contributed by atoms with van der Waals surface area (Å²) in [7, 11) is 1.52. The predicted molar refractivity (Wildman–Crippen MR) is 50.2 cm³/mol. The van der Waals surface area contributed by atoms with Crippen molar-refractivity contribution in [3.05, 3.63) is 11.3 Å². The largest absolute Gasteiger partial charge is 0.480 e. The lowest BCUT2D eigenvalue weighted by Gasteiger charge is -2.02. The van der Waals surface area contributed by atoms with Crippen molar-refractivity contribution in [2.45, 2.75) is 20.3 Å². The molecule has 1 aromatic rings. The Morgan fingerprint density at radius 1 is 1.57 bits per heavy atom. The number of rotatable bonds is 4. The van der Waals surface area contributed by atoms with Gasteiger partial charge in [0.1, 0.15) is 0 Å². The summed E-state index contributed by atoms with van der Waals surface area (Å²) in [6.07, 6.45) is 0.194. The van der Waals surface area contributed by atoms with Gasteiger partial charge in [-0.3, -0.25) is 9.89 Å². The minimum Gasteiger partial charge on any atom is -0.480 e. The second-order valence-electron chi connectivity index (χ2n) is 2.82. The number of esters is 1. The zero-order valence-corrected chi connectivity index (χ0v) is 8.59. The highest BCUT2D eigenvalue weighted by Gasteiger charge is 2.14. The van der Waals surface area contributed by atoms with E-state index in [4.69, 9.17) is 9.47 Å². The van der Waals surface area contributed by atoms with Crippen LogP contribution in [0.15, 0.2) is 0 Å². The zero-order valence-electron chi connectivity index (χ0n) is 8.59. The number of H-pyrrole nitrogens is 1. The monoisotopic (exact) mass is 198 g/mol. The van der Waals surface area contributed by atoms with Crippen LogP contribution in [0.1, 0.15) is 18.2 Å². The van der Waals surface area contributed by atoms with Crippen LogP contribution in [0, 0.1) is 6.92 Å². The molecule has 14 heavy (non-hydrogen) atoms. The Balaban J connectivity index is 2.74. The van der Waals surface area contributed by atoms with E-state index in [1.54, 1.807) is 6.92 Å². The third-order valence-electron chi connectivity index (χ3n) is 1.86. The SMILES string of the molecule is CCOC(=O)Cc1c(OC)n[nH]c1C. The molecule has 0 unspecified atom stereocenters. The number of aromatic nitrogens is 2. The first-order valence-corrected chi connectivity index (χ1v) is 4.42. The maximum absolute atomic E-state index is 11.2. The van der Waals surface area contributed by atoms with Gasteiger partial charge in [-0.25, -0.2) is 0 Å². The number of hydrogen-bond donors (Lipinski definition) is 1. The molecule has 1 aromatic heterocycles. The highest BCUT2D eigenvalue weighted by Crippen LogP contribution is 2.18. The summed E-state index contributed by atoms with van der Waals surface area (Å²) in [5.74, 6) is 0.186. The summed E-state index contributed by atoms with van der Waals surface area (Å²) >= 11 is 0. The number of nitrogens with one attached hydrogen (secondary N) is 1. The van der Waals surface area contributed by atoms with Crippen molar-refractivity contribution < 1.29 is 14.3 Å². The van der Waals surface area contributed by atoms with Crippen LogP contribution in [0.3, 0.4) is 0 Å². The molecule has 1 rings (SSSR count). The molecule has 0 saturated carbocycles. The van der Waals surface area contributed by atoms with Crippen LogP contribution in [0.5, 0.6) is 5.88 Å². The summed E-state index contributed by atoms with van der Waals surface area (Å²) in [6, 6.07) is 0. The van der Waals surface area contributed by atoms with Gasteiger partial charge in [-0.1, -0.05) is 0 Å². The number of aryl methyl sites for hydroxylation is 1. The van der Waals surface area contributed by atoms with Crippen LogP contribution in [-0.4, -0.2) is 29.9 Å². The van der Waals surface area contributed by atoms with Crippen molar-refractivity contribution in [1.82, 2.24) is 10.2 Å². The normalized spacial score (nSPS) is 9.93. The van der Waals surface area contributed by atoms with Crippen molar-refractivity contribution in [2.75, 3.05) is 13.7 Å². The molecule has 5 nitrogen and oxygen atoms in total. The second-order valence-corrected chi connectivity index (χ2v) is 2.82. The van der Waals surface area contributed by atoms with Crippen LogP contribution >= 0.6 is 0 Å². The maximum atomic E-state index is 11.2. The van der Waals surface area contributed by atoms with Crippen molar-refractivity contribution in [1.29, 1.82) is 0 Å². The molecular weight excluding hydrogens is 184 g/mol. The third-order valence-corrected chi connectivity index (χ3v) is 1.86. The van der Waals surface area contributed by atoms with Crippen molar-refractivity contribution in [3.8, 4) is 5.88 Å². The summed E-state index contributed by atoms with van der Waals surface area (Å²) in [6.45, 7) is 4.00. The van der Waals surface area contributed by atoms with E-state index in [-0.39, 0.29) is 12.4 Å². The van der Waals surface area contributed by atoms with Gasteiger partial charge in [-0.2, -0.15) is 0 Å². The van der Waals surface area contributed by atoms with Crippen molar-refractivity contribution in [3.63, 3.8) is 0 Å². The molecule has 1 heterocycles. The summed E-state index contributed by atoms with van der Waals surface area (Å²) in [4.78, 5) is 11.2. The molecule has 0 bridgehead atoms. The lowest BCUT2D eigenvalue weighted by Crippen LogP contribution is -2.08. The van der Waals surface area contributed by atoms with E-state index in [9.17, 15) is 4.79 Å². The lowest BCUT2D eigenvalue weighted by atomic mass is 10.2. The Morgan fingerprint density at radius 2 is 2.29 bits per heavy atom. The van der Waals surface area contributed by atoms with Crippen LogP contribution in [0.4, 0.5) is 0 Å². The van der Waals surface area contributed by atoms with Gasteiger partial charge < -0.3 is 9.47 Å². The van der Waals surface area contributed by atoms with Gasteiger partial charge in [0.15, 0.2) is 0 Å². The smallest absolute Gasteiger partial charge is 0.310 e. The van der Waals surface area contributed by atoms with Gasteiger partial charge in [0.05, 0.1) is 20.1 Å². The van der Waals surface area contributed by atoms with E-state index < -0.39 is 0 Å². The molecule has 78 valence electrons. The van der Waals surface area contributed by atoms with E-state index in [1.165, 1.54) is 7.11 Å². The average molecular weight is 198 g/mol. The second kappa shape index (κ2) is 4.64. The van der Waals surface area contributed by atoms with E-state index in [0.717, 1.165) is 11.3 Å². The van der Waals surface area contributed by atoms with E-state index in [2.05, 4.69) is 10.2 Å². The quantitative estimate of drug-likeness (QED) is 0.728. The first kappa shape index (κ1) is 10.6. The van der Waals surface area contributed by atoms with Crippen LogP contribution in [-0.2, 0) is 16.0 Å². The number of carbonyl (C=O) groups is 1. The third kappa shape index (κ3) is 2.25. The number of carbonyl (C=O) groups excluding carboxylic acids is 1. The van der Waals surface area contributed by atoms with Crippen molar-refractivity contribution in [2.24, 2.45) is 0 Å². The number of ether oxygens (including phenoxy) is 2. The predicted octanol–water partition coefficient (Wildman–Crippen LogP) is 0.832. The number of aromatic amines is 1. The molecule has 0 fully saturated rings. The zero-order chi connectivity index (χ0) is 10.6. The lowest BCUT2D eigenvalue weighted by molar-refractivity contribution is -0.142. The molecule has 0 atom stereocenters. The molecule has 0 aromatic carbocycles. The molecule has 1 N–H and O–H groups in total.